The topological polar surface area (TPSA) is 27.3 Å². The van der Waals surface area contributed by atoms with Crippen molar-refractivity contribution in [3.05, 3.63) is 0 Å². The summed E-state index contributed by atoms with van der Waals surface area (Å²) >= 11 is 0. The second kappa shape index (κ2) is 6.40. The Morgan fingerprint density at radius 3 is 2.17 bits per heavy atom. The van der Waals surface area contributed by atoms with Gasteiger partial charge in [-0.3, -0.25) is 0 Å². The third kappa shape index (κ3) is 4.04. The van der Waals surface area contributed by atoms with Crippen molar-refractivity contribution in [2.24, 2.45) is 0 Å². The molecule has 0 bridgehead atoms. The van der Waals surface area contributed by atoms with Crippen molar-refractivity contribution in [2.45, 2.75) is 19.8 Å². The van der Waals surface area contributed by atoms with E-state index in [1.54, 1.807) is 0 Å². The molecule has 0 aromatic heterocycles. The van der Waals surface area contributed by atoms with Crippen molar-refractivity contribution in [3.63, 3.8) is 0 Å². The maximum absolute atomic E-state index is 3.36. The summed E-state index contributed by atoms with van der Waals surface area (Å²) in [6.45, 7) is 9.21. The Balaban J connectivity index is 2.17. The average molecular weight is 171 g/mol. The number of hydrogen-bond acceptors (Lipinski definition) is 3. The van der Waals surface area contributed by atoms with E-state index in [9.17, 15) is 0 Å². The van der Waals surface area contributed by atoms with Crippen molar-refractivity contribution < 1.29 is 0 Å². The van der Waals surface area contributed by atoms with Gasteiger partial charge in [-0.2, -0.15) is 0 Å². The molecule has 1 rings (SSSR count). The van der Waals surface area contributed by atoms with Crippen molar-refractivity contribution in [3.8, 4) is 0 Å². The van der Waals surface area contributed by atoms with E-state index < -0.39 is 0 Å². The molecule has 0 spiro atoms. The molecule has 12 heavy (non-hydrogen) atoms. The van der Waals surface area contributed by atoms with Crippen LogP contribution in [0.15, 0.2) is 0 Å². The maximum Gasteiger partial charge on any atom is 0.0454 e. The predicted molar refractivity (Wildman–Crippen MR) is 52.2 cm³/mol. The zero-order valence-electron chi connectivity index (χ0n) is 8.10. The predicted octanol–water partition coefficient (Wildman–Crippen LogP) is 0.239. The van der Waals surface area contributed by atoms with Crippen LogP contribution in [0.25, 0.3) is 0 Å². The van der Waals surface area contributed by atoms with Gasteiger partial charge in [0.2, 0.25) is 0 Å². The molecule has 1 fully saturated rings. The van der Waals surface area contributed by atoms with Crippen LogP contribution in [0.2, 0.25) is 0 Å². The second-order valence-electron chi connectivity index (χ2n) is 3.32. The minimum Gasteiger partial charge on any atom is -0.304 e. The molecular weight excluding hydrogens is 150 g/mol. The number of nitrogens with one attached hydrogen (secondary N) is 2. The van der Waals surface area contributed by atoms with E-state index in [2.05, 4.69) is 22.5 Å². The van der Waals surface area contributed by atoms with Gasteiger partial charge in [0.15, 0.2) is 0 Å². The standard InChI is InChI=1S/C9H21N3/c1-2-12-7-3-5-10-9-11-6-4-8-12/h10-11H,2-9H2,1H3. The summed E-state index contributed by atoms with van der Waals surface area (Å²) in [4.78, 5) is 2.52. The molecule has 0 atom stereocenters. The lowest BCUT2D eigenvalue weighted by molar-refractivity contribution is 0.271. The summed E-state index contributed by atoms with van der Waals surface area (Å²) in [5, 5.41) is 6.72. The molecule has 0 aromatic carbocycles. The van der Waals surface area contributed by atoms with Crippen molar-refractivity contribution >= 4 is 0 Å². The van der Waals surface area contributed by atoms with Gasteiger partial charge in [-0.25, -0.2) is 0 Å². The quantitative estimate of drug-likeness (QED) is 0.592. The fourth-order valence-electron chi connectivity index (χ4n) is 1.55. The Labute approximate surface area is 75.5 Å². The zero-order chi connectivity index (χ0) is 8.65. The molecular formula is C9H21N3. The normalized spacial score (nSPS) is 23.8. The zero-order valence-corrected chi connectivity index (χ0v) is 8.10. The van der Waals surface area contributed by atoms with Gasteiger partial charge in [0.05, 0.1) is 0 Å². The summed E-state index contributed by atoms with van der Waals surface area (Å²) < 4.78 is 0. The molecule has 0 saturated carbocycles. The highest BCUT2D eigenvalue weighted by atomic mass is 15.1. The molecule has 1 aliphatic heterocycles. The van der Waals surface area contributed by atoms with E-state index in [4.69, 9.17) is 0 Å². The summed E-state index contributed by atoms with van der Waals surface area (Å²) in [5.74, 6) is 0. The third-order valence-electron chi connectivity index (χ3n) is 2.35. The van der Waals surface area contributed by atoms with Gasteiger partial charge in [0.1, 0.15) is 0 Å². The van der Waals surface area contributed by atoms with E-state index in [1.807, 2.05) is 0 Å². The molecule has 0 unspecified atom stereocenters. The monoisotopic (exact) mass is 171 g/mol. The lowest BCUT2D eigenvalue weighted by Crippen LogP contribution is -2.36. The van der Waals surface area contributed by atoms with E-state index in [0.29, 0.717) is 0 Å². The second-order valence-corrected chi connectivity index (χ2v) is 3.32. The molecule has 2 N–H and O–H groups in total. The highest BCUT2D eigenvalue weighted by Gasteiger charge is 2.02. The summed E-state index contributed by atoms with van der Waals surface area (Å²) in [6.07, 6.45) is 2.55. The molecule has 0 aromatic rings. The van der Waals surface area contributed by atoms with Crippen LogP contribution in [0, 0.1) is 0 Å². The van der Waals surface area contributed by atoms with Crippen molar-refractivity contribution in [1.82, 2.24) is 15.5 Å². The summed E-state index contributed by atoms with van der Waals surface area (Å²) in [7, 11) is 0. The number of hydrogen-bond donors (Lipinski definition) is 2. The van der Waals surface area contributed by atoms with Crippen molar-refractivity contribution in [1.29, 1.82) is 0 Å². The first kappa shape index (κ1) is 9.96. The van der Waals surface area contributed by atoms with E-state index in [0.717, 1.165) is 19.8 Å². The van der Waals surface area contributed by atoms with Crippen LogP contribution in [0.1, 0.15) is 19.8 Å². The fourth-order valence-corrected chi connectivity index (χ4v) is 1.55. The molecule has 1 saturated heterocycles. The van der Waals surface area contributed by atoms with Crippen LogP contribution in [0.3, 0.4) is 0 Å². The highest BCUT2D eigenvalue weighted by Crippen LogP contribution is 1.93. The Morgan fingerprint density at radius 1 is 1.08 bits per heavy atom. The Morgan fingerprint density at radius 2 is 1.67 bits per heavy atom. The first-order valence-corrected chi connectivity index (χ1v) is 5.07. The minimum absolute atomic E-state index is 0.978. The number of rotatable bonds is 1. The fraction of sp³-hybridized carbons (Fsp3) is 1.00. The van der Waals surface area contributed by atoms with Crippen LogP contribution in [-0.2, 0) is 0 Å². The Bertz CT molecular complexity index is 95.9. The number of nitrogens with zero attached hydrogens (tertiary/aromatic N) is 1. The summed E-state index contributed by atoms with van der Waals surface area (Å²) in [6, 6.07) is 0. The van der Waals surface area contributed by atoms with Gasteiger partial charge in [-0.15, -0.1) is 0 Å². The van der Waals surface area contributed by atoms with Crippen molar-refractivity contribution in [2.75, 3.05) is 39.4 Å². The summed E-state index contributed by atoms with van der Waals surface area (Å²) in [5.41, 5.74) is 0. The first-order chi connectivity index (χ1) is 5.93. The van der Waals surface area contributed by atoms with E-state index in [1.165, 1.54) is 32.5 Å². The molecule has 3 nitrogen and oxygen atoms in total. The van der Waals surface area contributed by atoms with Gasteiger partial charge < -0.3 is 15.5 Å². The van der Waals surface area contributed by atoms with Gasteiger partial charge in [-0.1, -0.05) is 6.92 Å². The maximum atomic E-state index is 3.36. The molecule has 3 heteroatoms. The Kier molecular flexibility index (Phi) is 5.32. The van der Waals surface area contributed by atoms with Gasteiger partial charge >= 0.3 is 0 Å². The lowest BCUT2D eigenvalue weighted by atomic mass is 10.3. The molecule has 1 aliphatic rings. The van der Waals surface area contributed by atoms with Crippen LogP contribution in [0.5, 0.6) is 0 Å². The van der Waals surface area contributed by atoms with Gasteiger partial charge in [0, 0.05) is 6.67 Å². The van der Waals surface area contributed by atoms with Gasteiger partial charge in [0.25, 0.3) is 0 Å². The molecule has 0 amide bonds. The molecule has 72 valence electrons. The lowest BCUT2D eigenvalue weighted by Gasteiger charge is -2.21. The third-order valence-corrected chi connectivity index (χ3v) is 2.35. The minimum atomic E-state index is 0.978. The highest BCUT2D eigenvalue weighted by molar-refractivity contribution is 4.60. The van der Waals surface area contributed by atoms with E-state index >= 15 is 0 Å². The Hall–Kier alpha value is -0.120. The smallest absolute Gasteiger partial charge is 0.0454 e. The largest absolute Gasteiger partial charge is 0.304 e. The van der Waals surface area contributed by atoms with E-state index in [-0.39, 0.29) is 0 Å². The molecule has 0 aliphatic carbocycles. The molecule has 1 heterocycles. The molecule has 0 radical (unpaired) electrons. The first-order valence-electron chi connectivity index (χ1n) is 5.07. The average Bonchev–Trinajstić information content (AvgIpc) is 2.14. The van der Waals surface area contributed by atoms with Crippen LogP contribution in [-0.4, -0.2) is 44.3 Å². The SMILES string of the molecule is CCN1CCCNCNCCC1. The van der Waals surface area contributed by atoms with Crippen LogP contribution >= 0.6 is 0 Å². The van der Waals surface area contributed by atoms with Gasteiger partial charge in [-0.05, 0) is 45.6 Å². The van der Waals surface area contributed by atoms with Crippen LogP contribution in [0.4, 0.5) is 0 Å². The van der Waals surface area contributed by atoms with Crippen LogP contribution < -0.4 is 10.6 Å².